The van der Waals surface area contributed by atoms with Gasteiger partial charge in [-0.05, 0) is 30.7 Å². The molecule has 8 heteroatoms. The number of ether oxygens (including phenoxy) is 1. The van der Waals surface area contributed by atoms with Crippen molar-refractivity contribution in [2.24, 2.45) is 10.7 Å². The summed E-state index contributed by atoms with van der Waals surface area (Å²) in [5.74, 6) is 0.631. The number of rotatable bonds is 4. The van der Waals surface area contributed by atoms with E-state index in [1.54, 1.807) is 26.3 Å². The first-order chi connectivity index (χ1) is 12.2. The third-order valence-corrected chi connectivity index (χ3v) is 6.52. The minimum absolute atomic E-state index is 0.0122. The number of methoxy groups -OCH3 is 1. The molecule has 1 aromatic heterocycles. The molecule has 7 nitrogen and oxygen atoms in total. The van der Waals surface area contributed by atoms with Gasteiger partial charge in [0.25, 0.3) is 0 Å². The number of benzene rings is 1. The first-order valence-corrected chi connectivity index (χ1v) is 9.75. The van der Waals surface area contributed by atoms with E-state index in [0.29, 0.717) is 6.42 Å². The SMILES string of the molecule is COc1ccccc1Cc1cc([C@]2(C)CS(=O)(=O)N(C)C(N)=N2)ccn1. The molecule has 1 aliphatic rings. The second kappa shape index (κ2) is 6.60. The van der Waals surface area contributed by atoms with Crippen LogP contribution in [0.2, 0.25) is 0 Å². The van der Waals surface area contributed by atoms with Gasteiger partial charge in [0, 0.05) is 30.9 Å². The van der Waals surface area contributed by atoms with Crippen molar-refractivity contribution in [2.75, 3.05) is 19.9 Å². The van der Waals surface area contributed by atoms with Crippen LogP contribution in [0.1, 0.15) is 23.7 Å². The number of para-hydroxylation sites is 1. The Bertz CT molecular complexity index is 958. The maximum atomic E-state index is 12.4. The van der Waals surface area contributed by atoms with Crippen molar-refractivity contribution >= 4 is 16.0 Å². The van der Waals surface area contributed by atoms with E-state index < -0.39 is 15.6 Å². The Hall–Kier alpha value is -2.61. The average molecular weight is 374 g/mol. The number of guanidine groups is 1. The summed E-state index contributed by atoms with van der Waals surface area (Å²) < 4.78 is 31.2. The Labute approximate surface area is 153 Å². The van der Waals surface area contributed by atoms with Crippen molar-refractivity contribution in [1.82, 2.24) is 9.29 Å². The molecule has 0 amide bonds. The van der Waals surface area contributed by atoms with Crippen molar-refractivity contribution < 1.29 is 13.2 Å². The third-order valence-electron chi connectivity index (χ3n) is 4.57. The fourth-order valence-corrected chi connectivity index (χ4v) is 4.51. The van der Waals surface area contributed by atoms with E-state index in [1.165, 1.54) is 7.05 Å². The van der Waals surface area contributed by atoms with Crippen molar-refractivity contribution in [3.05, 3.63) is 59.4 Å². The summed E-state index contributed by atoms with van der Waals surface area (Å²) in [4.78, 5) is 8.84. The average Bonchev–Trinajstić information content (AvgIpc) is 2.60. The Kier molecular flexibility index (Phi) is 4.62. The summed E-state index contributed by atoms with van der Waals surface area (Å²) in [6.07, 6.45) is 2.24. The number of nitrogens with zero attached hydrogens (tertiary/aromatic N) is 3. The van der Waals surface area contributed by atoms with Crippen LogP contribution in [0.5, 0.6) is 5.75 Å². The largest absolute Gasteiger partial charge is 0.496 e. The summed E-state index contributed by atoms with van der Waals surface area (Å²) in [6.45, 7) is 1.77. The van der Waals surface area contributed by atoms with Crippen molar-refractivity contribution in [3.8, 4) is 5.75 Å². The quantitative estimate of drug-likeness (QED) is 0.874. The van der Waals surface area contributed by atoms with Gasteiger partial charge in [0.1, 0.15) is 11.3 Å². The van der Waals surface area contributed by atoms with E-state index >= 15 is 0 Å². The van der Waals surface area contributed by atoms with E-state index in [2.05, 4.69) is 9.98 Å². The second-order valence-electron chi connectivity index (χ2n) is 6.49. The van der Waals surface area contributed by atoms with Crippen LogP contribution < -0.4 is 10.5 Å². The summed E-state index contributed by atoms with van der Waals surface area (Å²) >= 11 is 0. The zero-order valence-electron chi connectivity index (χ0n) is 15.0. The van der Waals surface area contributed by atoms with E-state index in [9.17, 15) is 8.42 Å². The molecule has 1 aliphatic heterocycles. The number of hydrogen-bond acceptors (Lipinski definition) is 6. The molecule has 0 spiro atoms. The molecule has 26 heavy (non-hydrogen) atoms. The zero-order chi connectivity index (χ0) is 18.9. The highest BCUT2D eigenvalue weighted by molar-refractivity contribution is 7.89. The summed E-state index contributed by atoms with van der Waals surface area (Å²) in [5.41, 5.74) is 7.45. The number of sulfonamides is 1. The van der Waals surface area contributed by atoms with Crippen LogP contribution >= 0.6 is 0 Å². The van der Waals surface area contributed by atoms with Gasteiger partial charge in [0.15, 0.2) is 0 Å². The maximum Gasteiger partial charge on any atom is 0.239 e. The second-order valence-corrected chi connectivity index (χ2v) is 8.49. The molecule has 2 aromatic rings. The van der Waals surface area contributed by atoms with E-state index in [4.69, 9.17) is 10.5 Å². The van der Waals surface area contributed by atoms with E-state index in [0.717, 1.165) is 26.9 Å². The minimum Gasteiger partial charge on any atom is -0.496 e. The van der Waals surface area contributed by atoms with Crippen LogP contribution in [0.15, 0.2) is 47.6 Å². The van der Waals surface area contributed by atoms with Crippen molar-refractivity contribution in [3.63, 3.8) is 0 Å². The van der Waals surface area contributed by atoms with Gasteiger partial charge >= 0.3 is 0 Å². The van der Waals surface area contributed by atoms with Gasteiger partial charge in [-0.1, -0.05) is 18.2 Å². The van der Waals surface area contributed by atoms with E-state index in [-0.39, 0.29) is 11.7 Å². The molecule has 0 bridgehead atoms. The number of hydrogen-bond donors (Lipinski definition) is 1. The zero-order valence-corrected chi connectivity index (χ0v) is 15.8. The molecular weight excluding hydrogens is 352 g/mol. The van der Waals surface area contributed by atoms with Gasteiger partial charge in [0.2, 0.25) is 16.0 Å². The number of aliphatic imine (C=N–C) groups is 1. The van der Waals surface area contributed by atoms with Crippen LogP contribution in [0, 0.1) is 0 Å². The molecule has 0 saturated heterocycles. The fraction of sp³-hybridized carbons (Fsp3) is 0.333. The molecule has 2 N–H and O–H groups in total. The number of nitrogens with two attached hydrogens (primary N) is 1. The predicted octanol–water partition coefficient (Wildman–Crippen LogP) is 1.49. The third kappa shape index (κ3) is 3.37. The Morgan fingerprint density at radius 3 is 2.73 bits per heavy atom. The normalized spacial score (nSPS) is 22.0. The Morgan fingerprint density at radius 2 is 2.04 bits per heavy atom. The smallest absolute Gasteiger partial charge is 0.239 e. The summed E-state index contributed by atoms with van der Waals surface area (Å²) in [6, 6.07) is 11.4. The minimum atomic E-state index is -3.51. The molecule has 0 aliphatic carbocycles. The van der Waals surface area contributed by atoms with Crippen LogP contribution in [0.25, 0.3) is 0 Å². The first-order valence-electron chi connectivity index (χ1n) is 8.14. The monoisotopic (exact) mass is 374 g/mol. The Balaban J connectivity index is 1.97. The highest BCUT2D eigenvalue weighted by atomic mass is 32.2. The summed E-state index contributed by atoms with van der Waals surface area (Å²) in [5, 5.41) is 0. The van der Waals surface area contributed by atoms with Crippen LogP contribution in [0.4, 0.5) is 0 Å². The highest BCUT2D eigenvalue weighted by Crippen LogP contribution is 2.32. The van der Waals surface area contributed by atoms with Crippen molar-refractivity contribution in [1.29, 1.82) is 0 Å². The topological polar surface area (TPSA) is 97.9 Å². The van der Waals surface area contributed by atoms with Crippen LogP contribution in [-0.4, -0.2) is 43.6 Å². The molecule has 1 atom stereocenters. The molecule has 138 valence electrons. The van der Waals surface area contributed by atoms with Gasteiger partial charge in [-0.15, -0.1) is 0 Å². The highest BCUT2D eigenvalue weighted by Gasteiger charge is 2.40. The Morgan fingerprint density at radius 1 is 1.31 bits per heavy atom. The van der Waals surface area contributed by atoms with Gasteiger partial charge in [-0.3, -0.25) is 4.98 Å². The lowest BCUT2D eigenvalue weighted by Crippen LogP contribution is -2.50. The molecule has 0 unspecified atom stereocenters. The number of pyridine rings is 1. The molecule has 0 fully saturated rings. The fourth-order valence-electron chi connectivity index (χ4n) is 3.05. The lowest BCUT2D eigenvalue weighted by molar-refractivity contribution is 0.410. The van der Waals surface area contributed by atoms with Gasteiger partial charge < -0.3 is 10.5 Å². The van der Waals surface area contributed by atoms with Crippen LogP contribution in [-0.2, 0) is 22.0 Å². The summed E-state index contributed by atoms with van der Waals surface area (Å²) in [7, 11) is -0.472. The molecule has 0 radical (unpaired) electrons. The first kappa shape index (κ1) is 18.2. The lowest BCUT2D eigenvalue weighted by atomic mass is 9.94. The molecular formula is C18H22N4O3S. The predicted molar refractivity (Wildman–Crippen MR) is 101 cm³/mol. The van der Waals surface area contributed by atoms with Crippen LogP contribution in [0.3, 0.4) is 0 Å². The maximum absolute atomic E-state index is 12.4. The van der Waals surface area contributed by atoms with Gasteiger partial charge in [-0.2, -0.15) is 0 Å². The van der Waals surface area contributed by atoms with Gasteiger partial charge in [0.05, 0.1) is 12.9 Å². The van der Waals surface area contributed by atoms with Gasteiger partial charge in [-0.25, -0.2) is 17.7 Å². The molecule has 1 aromatic carbocycles. The molecule has 2 heterocycles. The van der Waals surface area contributed by atoms with Crippen molar-refractivity contribution in [2.45, 2.75) is 18.9 Å². The standard InChI is InChI=1S/C18H22N4O3S/c1-18(12-26(23,24)22(2)17(19)21-18)14-8-9-20-15(11-14)10-13-6-4-5-7-16(13)25-3/h4-9,11H,10,12H2,1-3H3,(H2,19,21)/t18-/m0/s1. The molecule has 3 rings (SSSR count). The molecule has 0 saturated carbocycles. The lowest BCUT2D eigenvalue weighted by Gasteiger charge is -2.34. The van der Waals surface area contributed by atoms with E-state index in [1.807, 2.05) is 30.3 Å². The number of aromatic nitrogens is 1.